The lowest BCUT2D eigenvalue weighted by Crippen LogP contribution is -2.30. The van der Waals surface area contributed by atoms with E-state index in [2.05, 4.69) is 15.3 Å². The molecule has 0 bridgehead atoms. The van der Waals surface area contributed by atoms with E-state index in [1.807, 2.05) is 61.5 Å². The summed E-state index contributed by atoms with van der Waals surface area (Å²) in [5.74, 6) is 1.02. The molecular formula is C20H19N3O2. The van der Waals surface area contributed by atoms with Crippen molar-refractivity contribution in [2.45, 2.75) is 20.0 Å². The number of aromatic nitrogens is 2. The molecule has 0 saturated heterocycles. The lowest BCUT2D eigenvalue weighted by Gasteiger charge is -2.14. The van der Waals surface area contributed by atoms with Gasteiger partial charge in [0.25, 0.3) is 5.91 Å². The molecular weight excluding hydrogens is 314 g/mol. The number of carbonyl (C=O) groups is 1. The van der Waals surface area contributed by atoms with Crippen LogP contribution < -0.4 is 10.1 Å². The van der Waals surface area contributed by atoms with Crippen molar-refractivity contribution in [3.8, 4) is 17.1 Å². The van der Waals surface area contributed by atoms with E-state index in [0.717, 1.165) is 11.1 Å². The molecule has 1 heterocycles. The van der Waals surface area contributed by atoms with Gasteiger partial charge in [0.15, 0.2) is 11.9 Å². The fraction of sp³-hybridized carbons (Fsp3) is 0.150. The quantitative estimate of drug-likeness (QED) is 0.770. The molecule has 0 aliphatic carbocycles. The van der Waals surface area contributed by atoms with Gasteiger partial charge >= 0.3 is 0 Å². The second kappa shape index (κ2) is 7.57. The Bertz CT molecular complexity index is 831. The summed E-state index contributed by atoms with van der Waals surface area (Å²) in [6, 6.07) is 17.2. The van der Waals surface area contributed by atoms with Crippen molar-refractivity contribution in [1.29, 1.82) is 0 Å². The summed E-state index contributed by atoms with van der Waals surface area (Å²) in [5.41, 5.74) is 2.60. The Balaban J connectivity index is 1.61. The fourth-order valence-electron chi connectivity index (χ4n) is 2.25. The molecule has 0 saturated carbocycles. The highest BCUT2D eigenvalue weighted by molar-refractivity contribution is 5.93. The van der Waals surface area contributed by atoms with Crippen LogP contribution in [0.25, 0.3) is 11.4 Å². The van der Waals surface area contributed by atoms with Gasteiger partial charge in [0.2, 0.25) is 0 Å². The number of aryl methyl sites for hydroxylation is 1. The molecule has 2 aromatic carbocycles. The van der Waals surface area contributed by atoms with E-state index in [1.165, 1.54) is 0 Å². The molecule has 0 aliphatic heterocycles. The van der Waals surface area contributed by atoms with Gasteiger partial charge in [-0.1, -0.05) is 48.0 Å². The molecule has 0 aliphatic rings. The van der Waals surface area contributed by atoms with Crippen molar-refractivity contribution in [1.82, 2.24) is 9.97 Å². The van der Waals surface area contributed by atoms with E-state index < -0.39 is 6.10 Å². The van der Waals surface area contributed by atoms with Crippen LogP contribution in [0.15, 0.2) is 67.0 Å². The predicted octanol–water partition coefficient (Wildman–Crippen LogP) is 3.86. The van der Waals surface area contributed by atoms with E-state index in [0.29, 0.717) is 17.3 Å². The summed E-state index contributed by atoms with van der Waals surface area (Å²) < 4.78 is 5.64. The average molecular weight is 333 g/mol. The summed E-state index contributed by atoms with van der Waals surface area (Å²) in [4.78, 5) is 20.8. The zero-order valence-corrected chi connectivity index (χ0v) is 14.1. The van der Waals surface area contributed by atoms with Gasteiger partial charge in [0.05, 0.1) is 18.1 Å². The third-order valence-corrected chi connectivity index (χ3v) is 3.65. The lowest BCUT2D eigenvalue weighted by molar-refractivity contribution is -0.122. The first-order valence-corrected chi connectivity index (χ1v) is 8.03. The number of rotatable bonds is 5. The van der Waals surface area contributed by atoms with Crippen molar-refractivity contribution in [3.63, 3.8) is 0 Å². The molecule has 5 nitrogen and oxygen atoms in total. The van der Waals surface area contributed by atoms with E-state index >= 15 is 0 Å². The normalized spacial score (nSPS) is 11.6. The lowest BCUT2D eigenvalue weighted by atomic mass is 10.2. The first-order valence-electron chi connectivity index (χ1n) is 8.03. The maximum atomic E-state index is 12.2. The minimum Gasteiger partial charge on any atom is -0.481 e. The second-order valence-electron chi connectivity index (χ2n) is 5.72. The molecule has 1 unspecified atom stereocenters. The number of nitrogens with one attached hydrogen (secondary N) is 1. The van der Waals surface area contributed by atoms with Crippen LogP contribution in [0.4, 0.5) is 5.69 Å². The van der Waals surface area contributed by atoms with Gasteiger partial charge in [-0.15, -0.1) is 0 Å². The molecule has 0 fully saturated rings. The van der Waals surface area contributed by atoms with E-state index in [9.17, 15) is 4.79 Å². The van der Waals surface area contributed by atoms with Crippen molar-refractivity contribution in [2.24, 2.45) is 0 Å². The number of anilines is 1. The SMILES string of the molecule is Cc1ccc(OC(C)C(=O)Nc2cnc(-c3ccccc3)nc2)cc1. The summed E-state index contributed by atoms with van der Waals surface area (Å²) in [6.07, 6.45) is 2.55. The zero-order chi connectivity index (χ0) is 17.6. The average Bonchev–Trinajstić information content (AvgIpc) is 2.65. The van der Waals surface area contributed by atoms with Crippen LogP contribution in [0.3, 0.4) is 0 Å². The predicted molar refractivity (Wildman–Crippen MR) is 97.4 cm³/mol. The Labute approximate surface area is 146 Å². The van der Waals surface area contributed by atoms with Crippen LogP contribution in [0.2, 0.25) is 0 Å². The van der Waals surface area contributed by atoms with Gasteiger partial charge in [-0.3, -0.25) is 4.79 Å². The third-order valence-electron chi connectivity index (χ3n) is 3.65. The number of carbonyl (C=O) groups excluding carboxylic acids is 1. The number of benzene rings is 2. The minimum absolute atomic E-state index is 0.253. The highest BCUT2D eigenvalue weighted by Crippen LogP contribution is 2.16. The van der Waals surface area contributed by atoms with Gasteiger partial charge in [-0.25, -0.2) is 9.97 Å². The summed E-state index contributed by atoms with van der Waals surface area (Å²) in [6.45, 7) is 3.70. The van der Waals surface area contributed by atoms with E-state index in [1.54, 1.807) is 19.3 Å². The Kier molecular flexibility index (Phi) is 5.04. The van der Waals surface area contributed by atoms with Gasteiger partial charge in [0.1, 0.15) is 5.75 Å². The number of nitrogens with zero attached hydrogens (tertiary/aromatic N) is 2. The van der Waals surface area contributed by atoms with Crippen molar-refractivity contribution >= 4 is 11.6 Å². The fourth-order valence-corrected chi connectivity index (χ4v) is 2.25. The van der Waals surface area contributed by atoms with E-state index in [4.69, 9.17) is 4.74 Å². The molecule has 0 spiro atoms. The van der Waals surface area contributed by atoms with Gasteiger partial charge in [-0.2, -0.15) is 0 Å². The number of hydrogen-bond donors (Lipinski definition) is 1. The summed E-state index contributed by atoms with van der Waals surface area (Å²) in [7, 11) is 0. The highest BCUT2D eigenvalue weighted by Gasteiger charge is 2.15. The number of hydrogen-bond acceptors (Lipinski definition) is 4. The maximum Gasteiger partial charge on any atom is 0.265 e. The van der Waals surface area contributed by atoms with Crippen LogP contribution in [0.1, 0.15) is 12.5 Å². The Morgan fingerprint density at radius 3 is 2.28 bits per heavy atom. The second-order valence-corrected chi connectivity index (χ2v) is 5.72. The molecule has 3 rings (SSSR count). The topological polar surface area (TPSA) is 64.1 Å². The first-order chi connectivity index (χ1) is 12.1. The van der Waals surface area contributed by atoms with Crippen LogP contribution in [0, 0.1) is 6.92 Å². The molecule has 5 heteroatoms. The van der Waals surface area contributed by atoms with Gasteiger partial charge in [0, 0.05) is 5.56 Å². The summed E-state index contributed by atoms with van der Waals surface area (Å²) in [5, 5.41) is 2.76. The van der Waals surface area contributed by atoms with Gasteiger partial charge < -0.3 is 10.1 Å². The molecule has 3 aromatic rings. The number of amides is 1. The minimum atomic E-state index is -0.628. The molecule has 1 aromatic heterocycles. The first kappa shape index (κ1) is 16.6. The summed E-state index contributed by atoms with van der Waals surface area (Å²) >= 11 is 0. The third kappa shape index (κ3) is 4.41. The molecule has 0 radical (unpaired) electrons. The molecule has 1 atom stereocenters. The smallest absolute Gasteiger partial charge is 0.265 e. The zero-order valence-electron chi connectivity index (χ0n) is 14.1. The van der Waals surface area contributed by atoms with Crippen molar-refractivity contribution < 1.29 is 9.53 Å². The number of ether oxygens (including phenoxy) is 1. The Morgan fingerprint density at radius 1 is 1.00 bits per heavy atom. The molecule has 1 amide bonds. The van der Waals surface area contributed by atoms with Crippen LogP contribution in [-0.2, 0) is 4.79 Å². The van der Waals surface area contributed by atoms with Crippen molar-refractivity contribution in [2.75, 3.05) is 5.32 Å². The standard InChI is InChI=1S/C20H19N3O2/c1-14-8-10-18(11-9-14)25-15(2)20(24)23-17-12-21-19(22-13-17)16-6-4-3-5-7-16/h3-13,15H,1-2H3,(H,23,24). The van der Waals surface area contributed by atoms with E-state index in [-0.39, 0.29) is 5.91 Å². The van der Waals surface area contributed by atoms with Crippen LogP contribution >= 0.6 is 0 Å². The largest absolute Gasteiger partial charge is 0.481 e. The Morgan fingerprint density at radius 2 is 1.64 bits per heavy atom. The molecule has 126 valence electrons. The molecule has 25 heavy (non-hydrogen) atoms. The van der Waals surface area contributed by atoms with Crippen LogP contribution in [0.5, 0.6) is 5.75 Å². The molecule has 1 N–H and O–H groups in total. The monoisotopic (exact) mass is 333 g/mol. The van der Waals surface area contributed by atoms with Crippen LogP contribution in [-0.4, -0.2) is 22.0 Å². The Hall–Kier alpha value is -3.21. The van der Waals surface area contributed by atoms with Crippen molar-refractivity contribution in [3.05, 3.63) is 72.6 Å². The maximum absolute atomic E-state index is 12.2. The highest BCUT2D eigenvalue weighted by atomic mass is 16.5. The van der Waals surface area contributed by atoms with Gasteiger partial charge in [-0.05, 0) is 26.0 Å².